The number of carbonyl (C=O) groups is 1. The van der Waals surface area contributed by atoms with Crippen LogP contribution in [0.4, 0.5) is 0 Å². The Morgan fingerprint density at radius 3 is 2.54 bits per heavy atom. The summed E-state index contributed by atoms with van der Waals surface area (Å²) in [4.78, 5) is 19.8. The molecule has 0 saturated carbocycles. The van der Waals surface area contributed by atoms with E-state index in [1.807, 2.05) is 6.92 Å². The molecule has 0 aliphatic rings. The molecule has 0 aromatic rings. The SMILES string of the molecule is CCC(C)OP(=O)(O)CCC(C)=O. The van der Waals surface area contributed by atoms with Crippen LogP contribution in [0, 0.1) is 0 Å². The van der Waals surface area contributed by atoms with Crippen molar-refractivity contribution in [2.75, 3.05) is 6.16 Å². The Morgan fingerprint density at radius 1 is 1.62 bits per heavy atom. The third-order valence-electron chi connectivity index (χ3n) is 1.67. The lowest BCUT2D eigenvalue weighted by molar-refractivity contribution is -0.116. The molecule has 0 radical (unpaired) electrons. The molecule has 5 heteroatoms. The van der Waals surface area contributed by atoms with Gasteiger partial charge in [-0.2, -0.15) is 0 Å². The van der Waals surface area contributed by atoms with Gasteiger partial charge in [-0.3, -0.25) is 4.57 Å². The first-order chi connectivity index (χ1) is 5.87. The summed E-state index contributed by atoms with van der Waals surface area (Å²) in [5.41, 5.74) is 0. The van der Waals surface area contributed by atoms with Gasteiger partial charge in [-0.25, -0.2) is 0 Å². The smallest absolute Gasteiger partial charge is 0.324 e. The summed E-state index contributed by atoms with van der Waals surface area (Å²) in [6.45, 7) is 5.00. The lowest BCUT2D eigenvalue weighted by Crippen LogP contribution is -2.07. The standard InChI is InChI=1S/C8H17O4P/c1-4-8(3)12-13(10,11)6-5-7(2)9/h8H,4-6H2,1-3H3,(H,10,11). The van der Waals surface area contributed by atoms with Crippen molar-refractivity contribution in [3.63, 3.8) is 0 Å². The van der Waals surface area contributed by atoms with E-state index in [1.165, 1.54) is 6.92 Å². The molecule has 0 aromatic carbocycles. The second-order valence-electron chi connectivity index (χ2n) is 3.14. The van der Waals surface area contributed by atoms with Gasteiger partial charge in [-0.1, -0.05) is 6.92 Å². The van der Waals surface area contributed by atoms with Crippen LogP contribution in [0.3, 0.4) is 0 Å². The number of rotatable bonds is 6. The third kappa shape index (κ3) is 6.94. The van der Waals surface area contributed by atoms with Crippen molar-refractivity contribution in [1.29, 1.82) is 0 Å². The van der Waals surface area contributed by atoms with Crippen molar-refractivity contribution >= 4 is 13.4 Å². The summed E-state index contributed by atoms with van der Waals surface area (Å²) in [6.07, 6.45) is 0.476. The van der Waals surface area contributed by atoms with Crippen LogP contribution in [0.15, 0.2) is 0 Å². The molecule has 2 atom stereocenters. The van der Waals surface area contributed by atoms with Crippen molar-refractivity contribution in [1.82, 2.24) is 0 Å². The maximum atomic E-state index is 11.3. The molecule has 1 N–H and O–H groups in total. The molecule has 4 nitrogen and oxygen atoms in total. The van der Waals surface area contributed by atoms with E-state index in [1.54, 1.807) is 6.92 Å². The first-order valence-corrected chi connectivity index (χ1v) is 6.13. The van der Waals surface area contributed by atoms with Gasteiger partial charge in [-0.15, -0.1) is 0 Å². The molecule has 0 aromatic heterocycles. The Kier molecular flexibility index (Phi) is 5.45. The van der Waals surface area contributed by atoms with E-state index >= 15 is 0 Å². The highest BCUT2D eigenvalue weighted by molar-refractivity contribution is 7.52. The summed E-state index contributed by atoms with van der Waals surface area (Å²) >= 11 is 0. The second-order valence-corrected chi connectivity index (χ2v) is 5.07. The van der Waals surface area contributed by atoms with Gasteiger partial charge in [-0.05, 0) is 20.3 Å². The molecule has 0 bridgehead atoms. The molecule has 0 aliphatic heterocycles. The molecule has 2 unspecified atom stereocenters. The number of hydrogen-bond acceptors (Lipinski definition) is 3. The third-order valence-corrected chi connectivity index (χ3v) is 3.14. The van der Waals surface area contributed by atoms with E-state index in [0.717, 1.165) is 0 Å². The van der Waals surface area contributed by atoms with E-state index in [9.17, 15) is 14.3 Å². The molecule has 0 fully saturated rings. The molecule has 0 amide bonds. The fourth-order valence-electron chi connectivity index (χ4n) is 0.707. The Bertz CT molecular complexity index is 214. The highest BCUT2D eigenvalue weighted by atomic mass is 31.2. The predicted octanol–water partition coefficient (Wildman–Crippen LogP) is 1.97. The van der Waals surface area contributed by atoms with Gasteiger partial charge in [0.2, 0.25) is 0 Å². The highest BCUT2D eigenvalue weighted by Gasteiger charge is 2.22. The van der Waals surface area contributed by atoms with Crippen LogP contribution in [0.5, 0.6) is 0 Å². The zero-order valence-corrected chi connectivity index (χ0v) is 9.21. The van der Waals surface area contributed by atoms with E-state index in [4.69, 9.17) is 4.52 Å². The van der Waals surface area contributed by atoms with Crippen LogP contribution in [-0.2, 0) is 13.9 Å². The number of ketones is 1. The van der Waals surface area contributed by atoms with Crippen LogP contribution in [0.25, 0.3) is 0 Å². The van der Waals surface area contributed by atoms with Gasteiger partial charge < -0.3 is 14.2 Å². The summed E-state index contributed by atoms with van der Waals surface area (Å²) in [5, 5.41) is 0. The summed E-state index contributed by atoms with van der Waals surface area (Å²) in [5.74, 6) is -0.0953. The first kappa shape index (κ1) is 12.8. The maximum Gasteiger partial charge on any atom is 0.328 e. The minimum atomic E-state index is -3.54. The Hall–Kier alpha value is -0.180. The fourth-order valence-corrected chi connectivity index (χ4v) is 2.12. The molecule has 13 heavy (non-hydrogen) atoms. The van der Waals surface area contributed by atoms with Gasteiger partial charge in [0.05, 0.1) is 12.3 Å². The molecule has 0 spiro atoms. The predicted molar refractivity (Wildman–Crippen MR) is 50.8 cm³/mol. The largest absolute Gasteiger partial charge is 0.328 e. The summed E-state index contributed by atoms with van der Waals surface area (Å²) in [6, 6.07) is 0. The van der Waals surface area contributed by atoms with E-state index in [2.05, 4.69) is 0 Å². The number of Topliss-reactive ketones (excluding diaryl/α,β-unsaturated/α-hetero) is 1. The van der Waals surface area contributed by atoms with E-state index < -0.39 is 7.60 Å². The second kappa shape index (κ2) is 5.53. The van der Waals surface area contributed by atoms with E-state index in [-0.39, 0.29) is 24.5 Å². The Morgan fingerprint density at radius 2 is 2.15 bits per heavy atom. The minimum Gasteiger partial charge on any atom is -0.324 e. The molecule has 0 aliphatic carbocycles. The van der Waals surface area contributed by atoms with E-state index in [0.29, 0.717) is 6.42 Å². The average Bonchev–Trinajstić information content (AvgIpc) is 2.00. The van der Waals surface area contributed by atoms with Gasteiger partial charge in [0, 0.05) is 6.42 Å². The molecular weight excluding hydrogens is 191 g/mol. The average molecular weight is 208 g/mol. The van der Waals surface area contributed by atoms with Gasteiger partial charge in [0.1, 0.15) is 5.78 Å². The maximum absolute atomic E-state index is 11.3. The minimum absolute atomic E-state index is 0.0767. The van der Waals surface area contributed by atoms with Crippen molar-refractivity contribution in [2.45, 2.75) is 39.7 Å². The first-order valence-electron chi connectivity index (χ1n) is 4.37. The van der Waals surface area contributed by atoms with Crippen molar-refractivity contribution in [2.24, 2.45) is 0 Å². The molecular formula is C8H17O4P. The molecule has 0 rings (SSSR count). The lowest BCUT2D eigenvalue weighted by atomic mass is 10.3. The monoisotopic (exact) mass is 208 g/mol. The number of hydrogen-bond donors (Lipinski definition) is 1. The quantitative estimate of drug-likeness (QED) is 0.678. The summed E-state index contributed by atoms with van der Waals surface area (Å²) in [7, 11) is -3.54. The normalized spacial score (nSPS) is 17.8. The Balaban J connectivity index is 3.93. The lowest BCUT2D eigenvalue weighted by Gasteiger charge is -2.15. The topological polar surface area (TPSA) is 63.6 Å². The summed E-state index contributed by atoms with van der Waals surface area (Å²) < 4.78 is 16.2. The van der Waals surface area contributed by atoms with Crippen LogP contribution < -0.4 is 0 Å². The van der Waals surface area contributed by atoms with Crippen molar-refractivity contribution < 1.29 is 18.8 Å². The van der Waals surface area contributed by atoms with Gasteiger partial charge in [0.15, 0.2) is 0 Å². The van der Waals surface area contributed by atoms with Gasteiger partial charge in [0.25, 0.3) is 0 Å². The van der Waals surface area contributed by atoms with Crippen molar-refractivity contribution in [3.8, 4) is 0 Å². The van der Waals surface area contributed by atoms with Crippen molar-refractivity contribution in [3.05, 3.63) is 0 Å². The number of carbonyl (C=O) groups excluding carboxylic acids is 1. The zero-order valence-electron chi connectivity index (χ0n) is 8.32. The molecule has 0 heterocycles. The van der Waals surface area contributed by atoms with Crippen LogP contribution in [0.1, 0.15) is 33.6 Å². The molecule has 78 valence electrons. The highest BCUT2D eigenvalue weighted by Crippen LogP contribution is 2.44. The fraction of sp³-hybridized carbons (Fsp3) is 0.875. The van der Waals surface area contributed by atoms with Crippen LogP contribution in [0.2, 0.25) is 0 Å². The molecule has 0 saturated heterocycles. The van der Waals surface area contributed by atoms with Gasteiger partial charge >= 0.3 is 7.60 Å². The van der Waals surface area contributed by atoms with Crippen LogP contribution >= 0.6 is 7.60 Å². The zero-order chi connectivity index (χ0) is 10.5. The Labute approximate surface area is 78.8 Å². The van der Waals surface area contributed by atoms with Crippen LogP contribution in [-0.4, -0.2) is 22.9 Å².